The zero-order chi connectivity index (χ0) is 17.2. The summed E-state index contributed by atoms with van der Waals surface area (Å²) in [6.45, 7) is 4.54. The highest BCUT2D eigenvalue weighted by Gasteiger charge is 2.37. The van der Waals surface area contributed by atoms with Crippen molar-refractivity contribution in [2.24, 2.45) is 13.0 Å². The second-order valence-electron chi connectivity index (χ2n) is 6.68. The molecule has 0 saturated carbocycles. The average Bonchev–Trinajstić information content (AvgIpc) is 3.31. The molecule has 4 heterocycles. The summed E-state index contributed by atoms with van der Waals surface area (Å²) in [5.74, 6) is 1.18. The maximum Gasteiger partial charge on any atom is 0.227 e. The molecule has 2 saturated heterocycles. The number of aryl methyl sites for hydroxylation is 1. The standard InChI is InChI=1S/C17H23N7O/c1-22-12-13(9-21-22)14-10-18-11-15(14)16(25)23-5-7-24(8-6-23)17-19-3-2-4-20-17/h2-4,9,12,14-15,18H,5-8,10-11H2,1H3/t14-,15+/m1/s1. The molecule has 2 aliphatic rings. The second kappa shape index (κ2) is 6.79. The largest absolute Gasteiger partial charge is 0.339 e. The van der Waals surface area contributed by atoms with Gasteiger partial charge in [0.1, 0.15) is 0 Å². The zero-order valence-corrected chi connectivity index (χ0v) is 14.4. The smallest absolute Gasteiger partial charge is 0.227 e. The van der Waals surface area contributed by atoms with E-state index < -0.39 is 0 Å². The van der Waals surface area contributed by atoms with Crippen molar-refractivity contribution in [3.8, 4) is 0 Å². The number of hydrogen-bond acceptors (Lipinski definition) is 6. The normalized spacial score (nSPS) is 23.9. The second-order valence-corrected chi connectivity index (χ2v) is 6.68. The first-order valence-corrected chi connectivity index (χ1v) is 8.72. The lowest BCUT2D eigenvalue weighted by molar-refractivity contribution is -0.135. The van der Waals surface area contributed by atoms with Crippen LogP contribution in [0.4, 0.5) is 5.95 Å². The van der Waals surface area contributed by atoms with Gasteiger partial charge in [0.15, 0.2) is 0 Å². The van der Waals surface area contributed by atoms with Crippen molar-refractivity contribution >= 4 is 11.9 Å². The van der Waals surface area contributed by atoms with E-state index in [1.165, 1.54) is 0 Å². The first-order valence-electron chi connectivity index (χ1n) is 8.72. The van der Waals surface area contributed by atoms with Crippen LogP contribution in [0.5, 0.6) is 0 Å². The Balaban J connectivity index is 1.40. The molecule has 132 valence electrons. The summed E-state index contributed by atoms with van der Waals surface area (Å²) in [5.41, 5.74) is 1.14. The molecule has 0 spiro atoms. The molecule has 2 aromatic rings. The highest BCUT2D eigenvalue weighted by atomic mass is 16.2. The van der Waals surface area contributed by atoms with E-state index in [-0.39, 0.29) is 17.7 Å². The van der Waals surface area contributed by atoms with Crippen molar-refractivity contribution in [3.63, 3.8) is 0 Å². The number of amides is 1. The summed E-state index contributed by atoms with van der Waals surface area (Å²) in [5, 5.41) is 7.62. The maximum atomic E-state index is 13.0. The minimum absolute atomic E-state index is 0.0104. The summed E-state index contributed by atoms with van der Waals surface area (Å²) in [7, 11) is 1.91. The van der Waals surface area contributed by atoms with Crippen molar-refractivity contribution in [2.45, 2.75) is 5.92 Å². The van der Waals surface area contributed by atoms with Crippen LogP contribution in [0.2, 0.25) is 0 Å². The van der Waals surface area contributed by atoms with Crippen molar-refractivity contribution in [1.82, 2.24) is 30.0 Å². The highest BCUT2D eigenvalue weighted by molar-refractivity contribution is 5.81. The molecule has 4 rings (SSSR count). The molecular formula is C17H23N7O. The van der Waals surface area contributed by atoms with Crippen LogP contribution in [0.1, 0.15) is 11.5 Å². The summed E-state index contributed by atoms with van der Waals surface area (Å²) in [6.07, 6.45) is 7.40. The Labute approximate surface area is 146 Å². The fourth-order valence-corrected chi connectivity index (χ4v) is 3.74. The average molecular weight is 341 g/mol. The van der Waals surface area contributed by atoms with Crippen LogP contribution >= 0.6 is 0 Å². The summed E-state index contributed by atoms with van der Waals surface area (Å²) in [4.78, 5) is 25.8. The Kier molecular flexibility index (Phi) is 4.35. The summed E-state index contributed by atoms with van der Waals surface area (Å²) >= 11 is 0. The fraction of sp³-hybridized carbons (Fsp3) is 0.529. The number of anilines is 1. The van der Waals surface area contributed by atoms with Gasteiger partial charge in [-0.2, -0.15) is 5.10 Å². The van der Waals surface area contributed by atoms with Gasteiger partial charge in [-0.25, -0.2) is 9.97 Å². The molecule has 8 nitrogen and oxygen atoms in total. The Morgan fingerprint density at radius 2 is 1.92 bits per heavy atom. The SMILES string of the molecule is Cn1cc([C@H]2CNC[C@@H]2C(=O)N2CCN(c3ncccn3)CC2)cn1. The van der Waals surface area contributed by atoms with Gasteiger partial charge in [0.05, 0.1) is 12.1 Å². The fourth-order valence-electron chi connectivity index (χ4n) is 3.74. The van der Waals surface area contributed by atoms with Gasteiger partial charge in [0, 0.05) is 70.8 Å². The Hall–Kier alpha value is -2.48. The van der Waals surface area contributed by atoms with Gasteiger partial charge in [0.25, 0.3) is 0 Å². The highest BCUT2D eigenvalue weighted by Crippen LogP contribution is 2.29. The minimum Gasteiger partial charge on any atom is -0.339 e. The third-order valence-electron chi connectivity index (χ3n) is 5.11. The number of carbonyl (C=O) groups is 1. The topological polar surface area (TPSA) is 79.2 Å². The Bertz CT molecular complexity index is 724. The molecule has 8 heteroatoms. The molecule has 0 radical (unpaired) electrons. The molecule has 0 aliphatic carbocycles. The number of carbonyl (C=O) groups excluding carboxylic acids is 1. The van der Waals surface area contributed by atoms with E-state index in [2.05, 4.69) is 25.3 Å². The van der Waals surface area contributed by atoms with Gasteiger partial charge in [-0.05, 0) is 11.6 Å². The number of aromatic nitrogens is 4. The van der Waals surface area contributed by atoms with Crippen molar-refractivity contribution < 1.29 is 4.79 Å². The van der Waals surface area contributed by atoms with Crippen LogP contribution < -0.4 is 10.2 Å². The predicted octanol–water partition coefficient (Wildman–Crippen LogP) is -0.138. The van der Waals surface area contributed by atoms with E-state index in [4.69, 9.17) is 0 Å². The number of nitrogens with zero attached hydrogens (tertiary/aromatic N) is 6. The van der Waals surface area contributed by atoms with E-state index in [9.17, 15) is 4.79 Å². The van der Waals surface area contributed by atoms with E-state index in [0.29, 0.717) is 13.1 Å². The third kappa shape index (κ3) is 3.21. The van der Waals surface area contributed by atoms with Crippen LogP contribution in [-0.4, -0.2) is 69.8 Å². The molecule has 2 aromatic heterocycles. The monoisotopic (exact) mass is 341 g/mol. The van der Waals surface area contributed by atoms with Crippen LogP contribution in [0.3, 0.4) is 0 Å². The minimum atomic E-state index is -0.0104. The van der Waals surface area contributed by atoms with Crippen molar-refractivity contribution in [2.75, 3.05) is 44.2 Å². The molecule has 1 amide bonds. The van der Waals surface area contributed by atoms with Gasteiger partial charge in [-0.15, -0.1) is 0 Å². The number of nitrogens with one attached hydrogen (secondary N) is 1. The first-order chi connectivity index (χ1) is 12.2. The number of piperazine rings is 1. The summed E-state index contributed by atoms with van der Waals surface area (Å²) in [6, 6.07) is 1.81. The molecule has 2 fully saturated rings. The van der Waals surface area contributed by atoms with E-state index in [0.717, 1.165) is 37.7 Å². The number of rotatable bonds is 3. The lowest BCUT2D eigenvalue weighted by atomic mass is 9.89. The van der Waals surface area contributed by atoms with Crippen LogP contribution in [-0.2, 0) is 11.8 Å². The first kappa shape index (κ1) is 16.0. The molecule has 25 heavy (non-hydrogen) atoms. The molecule has 0 unspecified atom stereocenters. The van der Waals surface area contributed by atoms with Gasteiger partial charge >= 0.3 is 0 Å². The van der Waals surface area contributed by atoms with Gasteiger partial charge in [-0.1, -0.05) is 0 Å². The van der Waals surface area contributed by atoms with Gasteiger partial charge in [-0.3, -0.25) is 9.48 Å². The molecule has 0 bridgehead atoms. The van der Waals surface area contributed by atoms with Gasteiger partial charge in [0.2, 0.25) is 11.9 Å². The molecule has 2 atom stereocenters. The van der Waals surface area contributed by atoms with Crippen LogP contribution in [0, 0.1) is 5.92 Å². The summed E-state index contributed by atoms with van der Waals surface area (Å²) < 4.78 is 1.80. The quantitative estimate of drug-likeness (QED) is 0.837. The van der Waals surface area contributed by atoms with Crippen LogP contribution in [0.25, 0.3) is 0 Å². The molecule has 2 aliphatic heterocycles. The Morgan fingerprint density at radius 1 is 1.16 bits per heavy atom. The lowest BCUT2D eigenvalue weighted by Gasteiger charge is -2.36. The van der Waals surface area contributed by atoms with E-state index in [1.807, 2.05) is 30.4 Å². The molecule has 1 N–H and O–H groups in total. The Morgan fingerprint density at radius 3 is 2.60 bits per heavy atom. The number of hydrogen-bond donors (Lipinski definition) is 1. The van der Waals surface area contributed by atoms with E-state index >= 15 is 0 Å². The maximum absolute atomic E-state index is 13.0. The lowest BCUT2D eigenvalue weighted by Crippen LogP contribution is -2.51. The van der Waals surface area contributed by atoms with Crippen molar-refractivity contribution in [3.05, 3.63) is 36.4 Å². The molecular weight excluding hydrogens is 318 g/mol. The van der Waals surface area contributed by atoms with Crippen molar-refractivity contribution in [1.29, 1.82) is 0 Å². The third-order valence-corrected chi connectivity index (χ3v) is 5.11. The van der Waals surface area contributed by atoms with Gasteiger partial charge < -0.3 is 15.1 Å². The molecule has 0 aromatic carbocycles. The predicted molar refractivity (Wildman–Crippen MR) is 93.1 cm³/mol. The van der Waals surface area contributed by atoms with E-state index in [1.54, 1.807) is 17.1 Å². The van der Waals surface area contributed by atoms with Crippen LogP contribution in [0.15, 0.2) is 30.9 Å². The zero-order valence-electron chi connectivity index (χ0n) is 14.4.